The number of hydrogen-bond donors (Lipinski definition) is 2. The number of benzene rings is 1. The molecule has 0 saturated carbocycles. The quantitative estimate of drug-likeness (QED) is 0.846. The van der Waals surface area contributed by atoms with Crippen molar-refractivity contribution in [2.75, 3.05) is 5.32 Å². The molecule has 104 valence electrons. The summed E-state index contributed by atoms with van der Waals surface area (Å²) in [6.45, 7) is 0. The second kappa shape index (κ2) is 5.52. The fraction of sp³-hybridized carbons (Fsp3) is 0. The van der Waals surface area contributed by atoms with Gasteiger partial charge in [0.05, 0.1) is 15.6 Å². The number of carboxylic acids is 1. The molecule has 20 heavy (non-hydrogen) atoms. The van der Waals surface area contributed by atoms with E-state index >= 15 is 0 Å². The molecule has 0 saturated heterocycles. The van der Waals surface area contributed by atoms with Crippen molar-refractivity contribution in [1.82, 2.24) is 0 Å². The molecule has 2 rings (SSSR count). The molecular weight excluding hydrogens is 312 g/mol. The van der Waals surface area contributed by atoms with Gasteiger partial charge in [0.25, 0.3) is 5.91 Å². The smallest absolute Gasteiger partial charge is 0.338 e. The zero-order valence-corrected chi connectivity index (χ0v) is 11.1. The van der Waals surface area contributed by atoms with Crippen LogP contribution in [0, 0.1) is 5.82 Å². The molecule has 0 atom stereocenters. The number of aromatic carboxylic acids is 1. The number of rotatable bonds is 3. The fourth-order valence-corrected chi connectivity index (χ4v) is 1.87. The normalized spacial score (nSPS) is 10.3. The van der Waals surface area contributed by atoms with Crippen LogP contribution in [0.4, 0.5) is 10.1 Å². The van der Waals surface area contributed by atoms with Gasteiger partial charge < -0.3 is 14.8 Å². The molecule has 0 spiro atoms. The predicted molar refractivity (Wildman–Crippen MR) is 70.0 cm³/mol. The summed E-state index contributed by atoms with van der Waals surface area (Å²) in [5, 5.41) is 10.6. The molecule has 1 heterocycles. The van der Waals surface area contributed by atoms with E-state index in [0.717, 1.165) is 12.3 Å². The van der Waals surface area contributed by atoms with Gasteiger partial charge in [-0.05, 0) is 12.1 Å². The molecular formula is C12H6Cl2FNO4. The Morgan fingerprint density at radius 3 is 2.30 bits per heavy atom. The van der Waals surface area contributed by atoms with Crippen molar-refractivity contribution >= 4 is 40.8 Å². The monoisotopic (exact) mass is 317 g/mol. The average molecular weight is 318 g/mol. The lowest BCUT2D eigenvalue weighted by Crippen LogP contribution is -2.11. The van der Waals surface area contributed by atoms with Crippen LogP contribution in [0.2, 0.25) is 10.0 Å². The Morgan fingerprint density at radius 1 is 1.20 bits per heavy atom. The third kappa shape index (κ3) is 2.92. The zero-order chi connectivity index (χ0) is 14.9. The predicted octanol–water partition coefficient (Wildman–Crippen LogP) is 3.68. The minimum Gasteiger partial charge on any atom is -0.478 e. The maximum absolute atomic E-state index is 13.2. The van der Waals surface area contributed by atoms with Crippen molar-refractivity contribution in [3.8, 4) is 0 Å². The first-order valence-electron chi connectivity index (χ1n) is 5.16. The summed E-state index contributed by atoms with van der Waals surface area (Å²) in [7, 11) is 0. The molecule has 1 aromatic heterocycles. The molecule has 0 aliphatic rings. The first kappa shape index (κ1) is 14.4. The summed E-state index contributed by atoms with van der Waals surface area (Å²) < 4.78 is 18.0. The van der Waals surface area contributed by atoms with Crippen LogP contribution < -0.4 is 5.32 Å². The maximum Gasteiger partial charge on any atom is 0.338 e. The number of carbonyl (C=O) groups excluding carboxylic acids is 1. The summed E-state index contributed by atoms with van der Waals surface area (Å²) in [5.41, 5.74) is -0.00926. The topological polar surface area (TPSA) is 79.5 Å². The summed E-state index contributed by atoms with van der Waals surface area (Å²) in [5.74, 6) is -2.94. The molecule has 0 fully saturated rings. The van der Waals surface area contributed by atoms with Crippen LogP contribution in [0.5, 0.6) is 0 Å². The largest absolute Gasteiger partial charge is 0.478 e. The highest BCUT2D eigenvalue weighted by molar-refractivity contribution is 6.35. The van der Waals surface area contributed by atoms with Gasteiger partial charge in [0.1, 0.15) is 6.26 Å². The van der Waals surface area contributed by atoms with Crippen molar-refractivity contribution < 1.29 is 23.5 Å². The SMILES string of the molecule is O=C(O)c1coc(C(=O)Nc2cc(Cl)c(F)c(Cl)c2)c1. The average Bonchev–Trinajstić information content (AvgIpc) is 2.85. The van der Waals surface area contributed by atoms with E-state index in [9.17, 15) is 14.0 Å². The third-order valence-corrected chi connectivity index (χ3v) is 2.86. The Kier molecular flexibility index (Phi) is 3.96. The van der Waals surface area contributed by atoms with Gasteiger partial charge in [0.2, 0.25) is 0 Å². The number of halogens is 3. The van der Waals surface area contributed by atoms with E-state index in [2.05, 4.69) is 5.32 Å². The van der Waals surface area contributed by atoms with E-state index in [0.29, 0.717) is 0 Å². The number of furan rings is 1. The molecule has 5 nitrogen and oxygen atoms in total. The minimum absolute atomic E-state index is 0.152. The van der Waals surface area contributed by atoms with Gasteiger partial charge in [0, 0.05) is 11.8 Å². The van der Waals surface area contributed by atoms with Crippen LogP contribution in [0.25, 0.3) is 0 Å². The molecule has 0 unspecified atom stereocenters. The second-order valence-corrected chi connectivity index (χ2v) is 4.53. The first-order chi connectivity index (χ1) is 9.38. The Bertz CT molecular complexity index is 676. The van der Waals surface area contributed by atoms with Gasteiger partial charge in [-0.25, -0.2) is 9.18 Å². The van der Waals surface area contributed by atoms with E-state index in [1.165, 1.54) is 12.1 Å². The van der Waals surface area contributed by atoms with Gasteiger partial charge in [-0.15, -0.1) is 0 Å². The Hall–Kier alpha value is -2.05. The molecule has 0 radical (unpaired) electrons. The molecule has 0 bridgehead atoms. The summed E-state index contributed by atoms with van der Waals surface area (Å²) in [4.78, 5) is 22.4. The number of hydrogen-bond acceptors (Lipinski definition) is 3. The van der Waals surface area contributed by atoms with Crippen molar-refractivity contribution in [3.05, 3.63) is 51.6 Å². The maximum atomic E-state index is 13.2. The lowest BCUT2D eigenvalue weighted by atomic mass is 10.2. The van der Waals surface area contributed by atoms with Gasteiger partial charge in [0.15, 0.2) is 11.6 Å². The number of carboxylic acid groups (broad SMARTS) is 1. The highest BCUT2D eigenvalue weighted by Crippen LogP contribution is 2.27. The third-order valence-electron chi connectivity index (χ3n) is 2.31. The molecule has 1 amide bonds. The standard InChI is InChI=1S/C12H6Cl2FNO4/c13-7-2-6(3-8(14)10(7)15)16-11(17)9-1-5(4-20-9)12(18)19/h1-4H,(H,16,17)(H,18,19). The molecule has 2 aromatic rings. The lowest BCUT2D eigenvalue weighted by Gasteiger charge is -2.05. The number of nitrogens with one attached hydrogen (secondary N) is 1. The van der Waals surface area contributed by atoms with Crippen LogP contribution >= 0.6 is 23.2 Å². The molecule has 0 aliphatic heterocycles. The van der Waals surface area contributed by atoms with Crippen LogP contribution in [0.15, 0.2) is 28.9 Å². The lowest BCUT2D eigenvalue weighted by molar-refractivity contribution is 0.0696. The van der Waals surface area contributed by atoms with Crippen LogP contribution in [0.3, 0.4) is 0 Å². The van der Waals surface area contributed by atoms with Gasteiger partial charge in [-0.1, -0.05) is 23.2 Å². The second-order valence-electron chi connectivity index (χ2n) is 3.71. The van der Waals surface area contributed by atoms with Crippen LogP contribution in [-0.2, 0) is 0 Å². The van der Waals surface area contributed by atoms with E-state index < -0.39 is 17.7 Å². The summed E-state index contributed by atoms with van der Waals surface area (Å²) in [6.07, 6.45) is 0.932. The molecule has 1 aromatic carbocycles. The van der Waals surface area contributed by atoms with Crippen molar-refractivity contribution in [1.29, 1.82) is 0 Å². The van der Waals surface area contributed by atoms with Crippen molar-refractivity contribution in [2.45, 2.75) is 0 Å². The van der Waals surface area contributed by atoms with E-state index in [4.69, 9.17) is 32.7 Å². The van der Waals surface area contributed by atoms with Gasteiger partial charge >= 0.3 is 5.97 Å². The number of carbonyl (C=O) groups is 2. The van der Waals surface area contributed by atoms with E-state index in [1.807, 2.05) is 0 Å². The van der Waals surface area contributed by atoms with Gasteiger partial charge in [-0.3, -0.25) is 4.79 Å². The van der Waals surface area contributed by atoms with Crippen molar-refractivity contribution in [3.63, 3.8) is 0 Å². The Labute approximate surface area is 121 Å². The molecule has 0 aliphatic carbocycles. The highest BCUT2D eigenvalue weighted by Gasteiger charge is 2.16. The Morgan fingerprint density at radius 2 is 1.80 bits per heavy atom. The van der Waals surface area contributed by atoms with Crippen LogP contribution in [0.1, 0.15) is 20.9 Å². The van der Waals surface area contributed by atoms with E-state index in [1.54, 1.807) is 0 Å². The Balaban J connectivity index is 2.21. The fourth-order valence-electron chi connectivity index (χ4n) is 1.39. The summed E-state index contributed by atoms with van der Waals surface area (Å²) >= 11 is 11.2. The zero-order valence-electron chi connectivity index (χ0n) is 9.62. The number of amides is 1. The minimum atomic E-state index is -1.22. The molecule has 8 heteroatoms. The highest BCUT2D eigenvalue weighted by atomic mass is 35.5. The molecule has 2 N–H and O–H groups in total. The van der Waals surface area contributed by atoms with Crippen LogP contribution in [-0.4, -0.2) is 17.0 Å². The van der Waals surface area contributed by atoms with E-state index in [-0.39, 0.29) is 27.1 Å². The number of anilines is 1. The summed E-state index contributed by atoms with van der Waals surface area (Å²) in [6, 6.07) is 3.40. The van der Waals surface area contributed by atoms with Gasteiger partial charge in [-0.2, -0.15) is 0 Å². The van der Waals surface area contributed by atoms with Crippen molar-refractivity contribution in [2.24, 2.45) is 0 Å². The first-order valence-corrected chi connectivity index (χ1v) is 5.92.